The van der Waals surface area contributed by atoms with Gasteiger partial charge in [-0.05, 0) is 11.6 Å². The van der Waals surface area contributed by atoms with Gasteiger partial charge in [0.05, 0.1) is 19.3 Å². The van der Waals surface area contributed by atoms with Gasteiger partial charge in [-0.2, -0.15) is 0 Å². The van der Waals surface area contributed by atoms with Crippen LogP contribution < -0.4 is 4.74 Å². The van der Waals surface area contributed by atoms with Crippen LogP contribution in [0.1, 0.15) is 29.8 Å². The molecule has 0 amide bonds. The zero-order valence-corrected chi connectivity index (χ0v) is 10.9. The average molecular weight is 258 g/mol. The van der Waals surface area contributed by atoms with Crippen molar-refractivity contribution in [1.82, 2.24) is 0 Å². The summed E-state index contributed by atoms with van der Waals surface area (Å²) in [4.78, 5) is 0. The molecule has 0 spiro atoms. The van der Waals surface area contributed by atoms with E-state index >= 15 is 0 Å². The first-order chi connectivity index (χ1) is 9.22. The van der Waals surface area contributed by atoms with Gasteiger partial charge in [-0.3, -0.25) is 0 Å². The zero-order valence-electron chi connectivity index (χ0n) is 10.9. The predicted molar refractivity (Wildman–Crippen MR) is 74.0 cm³/mol. The fraction of sp³-hybridized carbons (Fsp3) is 0.250. The average Bonchev–Trinajstić information content (AvgIpc) is 2.48. The molecule has 2 aromatic rings. The molecular weight excluding hydrogens is 240 g/mol. The van der Waals surface area contributed by atoms with Crippen molar-refractivity contribution >= 4 is 0 Å². The van der Waals surface area contributed by atoms with Crippen molar-refractivity contribution in [1.29, 1.82) is 0 Å². The third-order valence-corrected chi connectivity index (χ3v) is 3.13. The van der Waals surface area contributed by atoms with E-state index in [1.165, 1.54) is 0 Å². The van der Waals surface area contributed by atoms with Crippen molar-refractivity contribution < 1.29 is 14.9 Å². The molecule has 0 bridgehead atoms. The third kappa shape index (κ3) is 3.34. The van der Waals surface area contributed by atoms with Crippen molar-refractivity contribution in [3.8, 4) is 5.75 Å². The summed E-state index contributed by atoms with van der Waals surface area (Å²) < 4.78 is 5.21. The van der Waals surface area contributed by atoms with Crippen molar-refractivity contribution in [2.24, 2.45) is 0 Å². The van der Waals surface area contributed by atoms with E-state index in [0.29, 0.717) is 11.3 Å². The Kier molecular flexibility index (Phi) is 4.55. The summed E-state index contributed by atoms with van der Waals surface area (Å²) in [5.74, 6) is 0.635. The number of ether oxygens (including phenoxy) is 1. The highest BCUT2D eigenvalue weighted by Gasteiger charge is 2.18. The van der Waals surface area contributed by atoms with Gasteiger partial charge in [0.15, 0.2) is 0 Å². The van der Waals surface area contributed by atoms with E-state index in [0.717, 1.165) is 5.56 Å². The summed E-state index contributed by atoms with van der Waals surface area (Å²) in [5.41, 5.74) is 1.50. The first-order valence-corrected chi connectivity index (χ1v) is 6.26. The summed E-state index contributed by atoms with van der Waals surface area (Å²) in [6.07, 6.45) is -1.21. The van der Waals surface area contributed by atoms with Gasteiger partial charge in [0.1, 0.15) is 5.75 Å². The van der Waals surface area contributed by atoms with Crippen LogP contribution in [0.5, 0.6) is 5.75 Å². The molecule has 0 saturated carbocycles. The Balaban J connectivity index is 2.11. The number of benzene rings is 2. The van der Waals surface area contributed by atoms with Gasteiger partial charge in [0.2, 0.25) is 0 Å². The molecule has 0 aliphatic carbocycles. The van der Waals surface area contributed by atoms with Crippen LogP contribution in [0.15, 0.2) is 54.6 Å². The zero-order chi connectivity index (χ0) is 13.7. The quantitative estimate of drug-likeness (QED) is 0.867. The number of hydrogen-bond donors (Lipinski definition) is 2. The molecule has 2 aromatic carbocycles. The first-order valence-electron chi connectivity index (χ1n) is 6.26. The standard InChI is InChI=1S/C16H18O3/c1-19-16-10-6-5-9-13(16)15(18)11-14(17)12-7-3-2-4-8-12/h2-10,14-15,17-18H,11H2,1H3/t14-,15-/m0/s1. The largest absolute Gasteiger partial charge is 0.496 e. The summed E-state index contributed by atoms with van der Waals surface area (Å²) in [6, 6.07) is 16.6. The molecule has 0 radical (unpaired) electrons. The minimum Gasteiger partial charge on any atom is -0.496 e. The second-order valence-electron chi connectivity index (χ2n) is 4.42. The lowest BCUT2D eigenvalue weighted by Gasteiger charge is -2.18. The van der Waals surface area contributed by atoms with E-state index in [1.54, 1.807) is 19.2 Å². The topological polar surface area (TPSA) is 49.7 Å². The number of aliphatic hydroxyl groups is 2. The second kappa shape index (κ2) is 6.36. The highest BCUT2D eigenvalue weighted by atomic mass is 16.5. The fourth-order valence-electron chi connectivity index (χ4n) is 2.09. The van der Waals surface area contributed by atoms with E-state index in [9.17, 15) is 10.2 Å². The summed E-state index contributed by atoms with van der Waals surface area (Å²) in [7, 11) is 1.57. The van der Waals surface area contributed by atoms with Crippen LogP contribution in [0.3, 0.4) is 0 Å². The van der Waals surface area contributed by atoms with Gasteiger partial charge in [-0.15, -0.1) is 0 Å². The van der Waals surface area contributed by atoms with Crippen molar-refractivity contribution in [3.05, 3.63) is 65.7 Å². The van der Waals surface area contributed by atoms with Gasteiger partial charge < -0.3 is 14.9 Å². The Morgan fingerprint density at radius 1 is 0.895 bits per heavy atom. The SMILES string of the molecule is COc1ccccc1[C@@H](O)C[C@H](O)c1ccccc1. The molecule has 0 heterocycles. The van der Waals surface area contributed by atoms with E-state index in [2.05, 4.69) is 0 Å². The number of rotatable bonds is 5. The second-order valence-corrected chi connectivity index (χ2v) is 4.42. The molecule has 0 aliphatic heterocycles. The summed E-state index contributed by atoms with van der Waals surface area (Å²) in [6.45, 7) is 0. The monoisotopic (exact) mass is 258 g/mol. The molecule has 0 unspecified atom stereocenters. The smallest absolute Gasteiger partial charge is 0.124 e. The summed E-state index contributed by atoms with van der Waals surface area (Å²) in [5, 5.41) is 20.3. The molecule has 3 nitrogen and oxygen atoms in total. The molecule has 0 aliphatic rings. The normalized spacial score (nSPS) is 13.8. The lowest BCUT2D eigenvalue weighted by molar-refractivity contribution is 0.0789. The van der Waals surface area contributed by atoms with E-state index in [4.69, 9.17) is 4.74 Å². The molecule has 3 heteroatoms. The molecule has 2 atom stereocenters. The van der Waals surface area contributed by atoms with Crippen LogP contribution in [-0.4, -0.2) is 17.3 Å². The maximum absolute atomic E-state index is 10.2. The Morgan fingerprint density at radius 3 is 2.21 bits per heavy atom. The molecule has 0 saturated heterocycles. The number of para-hydroxylation sites is 1. The Hall–Kier alpha value is -1.84. The number of methoxy groups -OCH3 is 1. The van der Waals surface area contributed by atoms with Gasteiger partial charge >= 0.3 is 0 Å². The predicted octanol–water partition coefficient (Wildman–Crippen LogP) is 2.85. The third-order valence-electron chi connectivity index (χ3n) is 3.13. The van der Waals surface area contributed by atoms with E-state index < -0.39 is 12.2 Å². The molecule has 100 valence electrons. The van der Waals surface area contributed by atoms with Crippen molar-refractivity contribution in [2.45, 2.75) is 18.6 Å². The van der Waals surface area contributed by atoms with Gasteiger partial charge in [-0.25, -0.2) is 0 Å². The maximum Gasteiger partial charge on any atom is 0.124 e. The minimum atomic E-state index is -0.758. The van der Waals surface area contributed by atoms with Crippen molar-refractivity contribution in [3.63, 3.8) is 0 Å². The van der Waals surface area contributed by atoms with Gasteiger partial charge in [-0.1, -0.05) is 48.5 Å². The minimum absolute atomic E-state index is 0.240. The molecule has 19 heavy (non-hydrogen) atoms. The fourth-order valence-corrected chi connectivity index (χ4v) is 2.09. The number of hydrogen-bond acceptors (Lipinski definition) is 3. The highest BCUT2D eigenvalue weighted by Crippen LogP contribution is 2.31. The number of aliphatic hydroxyl groups excluding tert-OH is 2. The summed E-state index contributed by atoms with van der Waals surface area (Å²) >= 11 is 0. The van der Waals surface area contributed by atoms with Crippen LogP contribution in [0.25, 0.3) is 0 Å². The van der Waals surface area contributed by atoms with Gasteiger partial charge in [0.25, 0.3) is 0 Å². The van der Waals surface area contributed by atoms with Crippen LogP contribution in [0, 0.1) is 0 Å². The molecule has 2 N–H and O–H groups in total. The Bertz CT molecular complexity index is 510. The van der Waals surface area contributed by atoms with Crippen LogP contribution in [-0.2, 0) is 0 Å². The van der Waals surface area contributed by atoms with E-state index in [1.807, 2.05) is 42.5 Å². The maximum atomic E-state index is 10.2. The molecule has 0 fully saturated rings. The van der Waals surface area contributed by atoms with Gasteiger partial charge in [0, 0.05) is 12.0 Å². The lowest BCUT2D eigenvalue weighted by atomic mass is 9.98. The molecule has 2 rings (SSSR count). The van der Waals surface area contributed by atoms with E-state index in [-0.39, 0.29) is 6.42 Å². The lowest BCUT2D eigenvalue weighted by Crippen LogP contribution is -2.07. The van der Waals surface area contributed by atoms with Crippen LogP contribution >= 0.6 is 0 Å². The molecule has 0 aromatic heterocycles. The highest BCUT2D eigenvalue weighted by molar-refractivity contribution is 5.35. The van der Waals surface area contributed by atoms with Crippen molar-refractivity contribution in [2.75, 3.05) is 7.11 Å². The molecular formula is C16H18O3. The Morgan fingerprint density at radius 2 is 1.53 bits per heavy atom. The first kappa shape index (κ1) is 13.6. The Labute approximate surface area is 113 Å². The van der Waals surface area contributed by atoms with Crippen LogP contribution in [0.4, 0.5) is 0 Å². The van der Waals surface area contributed by atoms with Crippen LogP contribution in [0.2, 0.25) is 0 Å².